The minimum atomic E-state index is 0.919. The number of hydrogen-bond donors (Lipinski definition) is 0. The van der Waals surface area contributed by atoms with Crippen LogP contribution in [0.5, 0.6) is 0 Å². The van der Waals surface area contributed by atoms with E-state index in [1.807, 2.05) is 113 Å². The lowest BCUT2D eigenvalue weighted by Gasteiger charge is -2.30. The van der Waals surface area contributed by atoms with E-state index in [-0.39, 0.29) is 0 Å². The van der Waals surface area contributed by atoms with Crippen LogP contribution >= 0.6 is 0 Å². The van der Waals surface area contributed by atoms with Gasteiger partial charge in [-0.25, -0.2) is 0 Å². The van der Waals surface area contributed by atoms with Crippen molar-refractivity contribution in [1.82, 2.24) is 0 Å². The van der Waals surface area contributed by atoms with E-state index < -0.39 is 0 Å². The van der Waals surface area contributed by atoms with Gasteiger partial charge in [-0.2, -0.15) is 0 Å². The summed E-state index contributed by atoms with van der Waals surface area (Å²) in [5, 5.41) is 7.15. The van der Waals surface area contributed by atoms with E-state index >= 15 is 0 Å². The summed E-state index contributed by atoms with van der Waals surface area (Å²) in [5.41, 5.74) is 6.17. The fraction of sp³-hybridized carbons (Fsp3) is 0.240. The number of anilines is 2. The lowest BCUT2D eigenvalue weighted by molar-refractivity contribution is 1.14. The van der Waals surface area contributed by atoms with Gasteiger partial charge in [-0.3, -0.25) is 0 Å². The molecule has 2 nitrogen and oxygen atoms in total. The van der Waals surface area contributed by atoms with Crippen molar-refractivity contribution in [3.05, 3.63) is 183 Å². The summed E-state index contributed by atoms with van der Waals surface area (Å²) in [6.45, 7) is 40.3. The Kier molecular flexibility index (Phi) is 23.7. The number of rotatable bonds is 13. The predicted octanol–water partition coefficient (Wildman–Crippen LogP) is 16.3. The third kappa shape index (κ3) is 10.8. The second-order valence-electron chi connectivity index (χ2n) is 10.2. The first kappa shape index (κ1) is 46.7. The molecule has 0 heterocycles. The van der Waals surface area contributed by atoms with Crippen LogP contribution < -0.4 is 9.80 Å². The maximum atomic E-state index is 4.14. The number of allylic oxidation sites excluding steroid dienone is 14. The molecule has 0 atom stereocenters. The van der Waals surface area contributed by atoms with Gasteiger partial charge in [-0.1, -0.05) is 161 Å². The Labute approximate surface area is 318 Å². The van der Waals surface area contributed by atoms with Crippen LogP contribution in [-0.2, 0) is 0 Å². The Hall–Kier alpha value is -5.34. The Morgan fingerprint density at radius 2 is 0.769 bits per heavy atom. The van der Waals surface area contributed by atoms with Crippen LogP contribution in [0.25, 0.3) is 32.3 Å². The molecule has 0 fully saturated rings. The van der Waals surface area contributed by atoms with Crippen LogP contribution in [0.4, 0.5) is 11.4 Å². The summed E-state index contributed by atoms with van der Waals surface area (Å²) in [7, 11) is 0. The molecular formula is C50H66N2. The Morgan fingerprint density at radius 3 is 1.10 bits per heavy atom. The van der Waals surface area contributed by atoms with Gasteiger partial charge >= 0.3 is 0 Å². The van der Waals surface area contributed by atoms with Crippen molar-refractivity contribution in [2.75, 3.05) is 9.80 Å². The van der Waals surface area contributed by atoms with Crippen molar-refractivity contribution in [3.8, 4) is 0 Å². The van der Waals surface area contributed by atoms with E-state index in [0.717, 1.165) is 39.5 Å². The van der Waals surface area contributed by atoms with E-state index in [9.17, 15) is 0 Å². The lowest BCUT2D eigenvalue weighted by Crippen LogP contribution is -2.20. The highest BCUT2D eigenvalue weighted by Gasteiger charge is 2.22. The molecule has 0 bridgehead atoms. The quantitative estimate of drug-likeness (QED) is 0.102. The van der Waals surface area contributed by atoms with Crippen molar-refractivity contribution in [2.24, 2.45) is 0 Å². The predicted molar refractivity (Wildman–Crippen MR) is 244 cm³/mol. The van der Waals surface area contributed by atoms with Crippen LogP contribution in [0.15, 0.2) is 183 Å². The van der Waals surface area contributed by atoms with E-state index in [1.54, 1.807) is 6.08 Å². The molecule has 4 aromatic rings. The molecule has 52 heavy (non-hydrogen) atoms. The van der Waals surface area contributed by atoms with Crippen LogP contribution in [-0.4, -0.2) is 0 Å². The monoisotopic (exact) mass is 695 g/mol. The van der Waals surface area contributed by atoms with Crippen molar-refractivity contribution >= 4 is 43.7 Å². The van der Waals surface area contributed by atoms with Crippen molar-refractivity contribution < 1.29 is 0 Å². The highest BCUT2D eigenvalue weighted by molar-refractivity contribution is 6.27. The van der Waals surface area contributed by atoms with Crippen LogP contribution in [0.3, 0.4) is 0 Å². The summed E-state index contributed by atoms with van der Waals surface area (Å²) >= 11 is 0. The largest absolute Gasteiger partial charge is 0.310 e. The molecular weight excluding hydrogens is 629 g/mol. The normalized spacial score (nSPS) is 12.0. The first-order valence-corrected chi connectivity index (χ1v) is 19.0. The van der Waals surface area contributed by atoms with Gasteiger partial charge in [0.15, 0.2) is 0 Å². The first-order chi connectivity index (χ1) is 25.5. The minimum Gasteiger partial charge on any atom is -0.310 e. The van der Waals surface area contributed by atoms with E-state index in [2.05, 4.69) is 134 Å². The zero-order valence-corrected chi connectivity index (χ0v) is 34.4. The average Bonchev–Trinajstić information content (AvgIpc) is 3.20. The SMILES string of the molecule is C=C/C=C(\C=C)N(C(/C=C\C)=C/C=C)c1ccc2ccc3c(N(C(/C=C\C)=C/C)C(/C=C\C)=C/C=C)ccc4ccc1c2c43.CC.CC.CC.CC. The third-order valence-electron chi connectivity index (χ3n) is 7.52. The molecule has 4 aromatic carbocycles. The van der Waals surface area contributed by atoms with Gasteiger partial charge in [-0.15, -0.1) is 0 Å². The van der Waals surface area contributed by atoms with E-state index in [1.165, 1.54) is 26.9 Å². The van der Waals surface area contributed by atoms with Gasteiger partial charge in [0, 0.05) is 33.6 Å². The lowest BCUT2D eigenvalue weighted by atomic mass is 9.91. The molecule has 0 saturated heterocycles. The molecule has 0 unspecified atom stereocenters. The fourth-order valence-corrected chi connectivity index (χ4v) is 5.83. The number of nitrogens with zero attached hydrogens (tertiary/aromatic N) is 2. The van der Waals surface area contributed by atoms with Gasteiger partial charge in [0.05, 0.1) is 11.4 Å². The molecule has 0 radical (unpaired) electrons. The zero-order valence-electron chi connectivity index (χ0n) is 34.4. The zero-order chi connectivity index (χ0) is 39.6. The molecule has 0 aliphatic carbocycles. The molecule has 0 aliphatic heterocycles. The molecule has 0 spiro atoms. The summed E-state index contributed by atoms with van der Waals surface area (Å²) < 4.78 is 0. The summed E-state index contributed by atoms with van der Waals surface area (Å²) in [6, 6.07) is 17.8. The topological polar surface area (TPSA) is 6.48 Å². The van der Waals surface area contributed by atoms with Crippen molar-refractivity contribution in [1.29, 1.82) is 0 Å². The maximum absolute atomic E-state index is 4.14. The van der Waals surface area contributed by atoms with Gasteiger partial charge in [0.2, 0.25) is 0 Å². The van der Waals surface area contributed by atoms with Gasteiger partial charge in [-0.05, 0) is 104 Å². The van der Waals surface area contributed by atoms with Crippen molar-refractivity contribution in [2.45, 2.75) is 83.1 Å². The molecule has 0 saturated carbocycles. The standard InChI is InChI=1S/C42H42N2.4C2H6/c1-9-17-33(15-7)43(35(19-11-3)20-12-4)39-29-25-31-24-28-38-40(30-26-32-23-27-37(39)41(31)42(32)38)44(34(16-8)18-10-2)36(21-13-5)22-14-6;4*1-2/h9-30H,1,3,5,7H2,2,4,6,8H3;4*1-2H3/b18-10-,20-12-,22-14-,33-17+,34-16+,35-19+,36-21+;;;;. The average molecular weight is 695 g/mol. The first-order valence-electron chi connectivity index (χ1n) is 19.0. The van der Waals surface area contributed by atoms with Crippen LogP contribution in [0.1, 0.15) is 83.1 Å². The van der Waals surface area contributed by atoms with Crippen LogP contribution in [0.2, 0.25) is 0 Å². The molecule has 276 valence electrons. The van der Waals surface area contributed by atoms with E-state index in [4.69, 9.17) is 0 Å². The summed E-state index contributed by atoms with van der Waals surface area (Å²) in [4.78, 5) is 4.52. The number of benzene rings is 4. The summed E-state index contributed by atoms with van der Waals surface area (Å²) in [5.74, 6) is 0. The summed E-state index contributed by atoms with van der Waals surface area (Å²) in [6.07, 6.45) is 28.1. The highest BCUT2D eigenvalue weighted by atomic mass is 15.2. The highest BCUT2D eigenvalue weighted by Crippen LogP contribution is 2.44. The second-order valence-corrected chi connectivity index (χ2v) is 10.2. The van der Waals surface area contributed by atoms with Crippen LogP contribution in [0, 0.1) is 0 Å². The molecule has 2 heteroatoms. The van der Waals surface area contributed by atoms with Gasteiger partial charge < -0.3 is 9.80 Å². The second kappa shape index (κ2) is 26.5. The van der Waals surface area contributed by atoms with E-state index in [0.29, 0.717) is 0 Å². The number of hydrogen-bond acceptors (Lipinski definition) is 2. The fourth-order valence-electron chi connectivity index (χ4n) is 5.83. The molecule has 0 N–H and O–H groups in total. The Morgan fingerprint density at radius 1 is 0.442 bits per heavy atom. The molecule has 0 amide bonds. The smallest absolute Gasteiger partial charge is 0.0540 e. The van der Waals surface area contributed by atoms with Crippen molar-refractivity contribution in [3.63, 3.8) is 0 Å². The molecule has 0 aliphatic rings. The van der Waals surface area contributed by atoms with Gasteiger partial charge in [0.25, 0.3) is 0 Å². The Bertz CT molecular complexity index is 1920. The third-order valence-corrected chi connectivity index (χ3v) is 7.52. The Balaban J connectivity index is 0.00000304. The minimum absolute atomic E-state index is 0.919. The van der Waals surface area contributed by atoms with Gasteiger partial charge in [0.1, 0.15) is 0 Å². The molecule has 0 aromatic heterocycles. The molecule has 4 rings (SSSR count). The maximum Gasteiger partial charge on any atom is 0.0540 e.